The molecule has 0 atom stereocenters. The first-order chi connectivity index (χ1) is 9.26. The molecule has 0 heterocycles. The molecule has 20 heavy (non-hydrogen) atoms. The molecular formula is C14H25N3O2S. The van der Waals surface area contributed by atoms with Crippen molar-refractivity contribution in [1.29, 1.82) is 0 Å². The highest BCUT2D eigenvalue weighted by Crippen LogP contribution is 2.23. The zero-order valence-electron chi connectivity index (χ0n) is 12.7. The summed E-state index contributed by atoms with van der Waals surface area (Å²) in [5, 5.41) is 0. The molecule has 1 aromatic rings. The first-order valence-corrected chi connectivity index (χ1v) is 8.29. The SMILES string of the molecule is CCN(CC)S(=O)(=O)Nc1ccc(C(C)(C)CN)cc1. The lowest BCUT2D eigenvalue weighted by Gasteiger charge is -2.24. The van der Waals surface area contributed by atoms with Crippen molar-refractivity contribution in [2.45, 2.75) is 33.1 Å². The lowest BCUT2D eigenvalue weighted by molar-refractivity contribution is 0.449. The number of nitrogens with two attached hydrogens (primary N) is 1. The van der Waals surface area contributed by atoms with Crippen molar-refractivity contribution >= 4 is 15.9 Å². The Bertz CT molecular complexity index is 520. The molecule has 0 unspecified atom stereocenters. The second-order valence-corrected chi connectivity index (χ2v) is 7.03. The van der Waals surface area contributed by atoms with E-state index >= 15 is 0 Å². The summed E-state index contributed by atoms with van der Waals surface area (Å²) in [6.07, 6.45) is 0. The van der Waals surface area contributed by atoms with Crippen LogP contribution in [0.3, 0.4) is 0 Å². The molecule has 1 rings (SSSR count). The minimum absolute atomic E-state index is 0.115. The molecule has 0 aliphatic heterocycles. The Morgan fingerprint density at radius 2 is 1.65 bits per heavy atom. The molecule has 3 N–H and O–H groups in total. The Morgan fingerprint density at radius 3 is 2.05 bits per heavy atom. The zero-order valence-corrected chi connectivity index (χ0v) is 13.5. The van der Waals surface area contributed by atoms with Gasteiger partial charge in [-0.3, -0.25) is 4.72 Å². The van der Waals surface area contributed by atoms with Crippen LogP contribution >= 0.6 is 0 Å². The average Bonchev–Trinajstić information content (AvgIpc) is 2.40. The molecule has 1 aromatic carbocycles. The number of rotatable bonds is 7. The molecule has 0 radical (unpaired) electrons. The van der Waals surface area contributed by atoms with E-state index in [1.807, 2.05) is 26.0 Å². The minimum atomic E-state index is -3.47. The molecule has 5 nitrogen and oxygen atoms in total. The fourth-order valence-corrected chi connectivity index (χ4v) is 3.13. The normalized spacial score (nSPS) is 12.7. The summed E-state index contributed by atoms with van der Waals surface area (Å²) in [5.41, 5.74) is 7.27. The predicted octanol–water partition coefficient (Wildman–Crippen LogP) is 1.92. The molecule has 114 valence electrons. The molecule has 0 aliphatic carbocycles. The number of nitrogens with zero attached hydrogens (tertiary/aromatic N) is 1. The van der Waals surface area contributed by atoms with Crippen LogP contribution in [0.2, 0.25) is 0 Å². The summed E-state index contributed by atoms with van der Waals surface area (Å²) in [7, 11) is -3.47. The molecule has 0 saturated carbocycles. The lowest BCUT2D eigenvalue weighted by atomic mass is 9.85. The minimum Gasteiger partial charge on any atom is -0.330 e. The van der Waals surface area contributed by atoms with E-state index in [1.54, 1.807) is 12.1 Å². The summed E-state index contributed by atoms with van der Waals surface area (Å²) in [4.78, 5) is 0. The largest absolute Gasteiger partial charge is 0.330 e. The Morgan fingerprint density at radius 1 is 1.15 bits per heavy atom. The Hall–Kier alpha value is -1.11. The van der Waals surface area contributed by atoms with E-state index in [0.29, 0.717) is 25.3 Å². The van der Waals surface area contributed by atoms with Crippen molar-refractivity contribution in [3.8, 4) is 0 Å². The summed E-state index contributed by atoms with van der Waals surface area (Å²) in [5.74, 6) is 0. The van der Waals surface area contributed by atoms with Gasteiger partial charge < -0.3 is 5.73 Å². The molecule has 6 heteroatoms. The highest BCUT2D eigenvalue weighted by Gasteiger charge is 2.20. The maximum Gasteiger partial charge on any atom is 0.301 e. The van der Waals surface area contributed by atoms with E-state index in [4.69, 9.17) is 5.73 Å². The van der Waals surface area contributed by atoms with Crippen molar-refractivity contribution in [2.75, 3.05) is 24.4 Å². The Kier molecular flexibility index (Phi) is 5.56. The van der Waals surface area contributed by atoms with E-state index in [2.05, 4.69) is 18.6 Å². The summed E-state index contributed by atoms with van der Waals surface area (Å²) >= 11 is 0. The van der Waals surface area contributed by atoms with Crippen LogP contribution in [-0.4, -0.2) is 32.4 Å². The van der Waals surface area contributed by atoms with Crippen LogP contribution in [-0.2, 0) is 15.6 Å². The summed E-state index contributed by atoms with van der Waals surface area (Å²) in [6, 6.07) is 7.36. The quantitative estimate of drug-likeness (QED) is 0.807. The lowest BCUT2D eigenvalue weighted by Crippen LogP contribution is -2.35. The highest BCUT2D eigenvalue weighted by atomic mass is 32.2. The predicted molar refractivity (Wildman–Crippen MR) is 84.0 cm³/mol. The summed E-state index contributed by atoms with van der Waals surface area (Å²) in [6.45, 7) is 9.18. The monoisotopic (exact) mass is 299 g/mol. The number of hydrogen-bond acceptors (Lipinski definition) is 3. The third-order valence-electron chi connectivity index (χ3n) is 3.47. The molecule has 0 aromatic heterocycles. The second kappa shape index (κ2) is 6.56. The van der Waals surface area contributed by atoms with Gasteiger partial charge in [0.25, 0.3) is 0 Å². The molecule has 0 amide bonds. The zero-order chi connectivity index (χ0) is 15.4. The summed E-state index contributed by atoms with van der Waals surface area (Å²) < 4.78 is 28.2. The maximum atomic E-state index is 12.1. The number of nitrogens with one attached hydrogen (secondary N) is 1. The first-order valence-electron chi connectivity index (χ1n) is 6.85. The van der Waals surface area contributed by atoms with Gasteiger partial charge in [-0.15, -0.1) is 0 Å². The fourth-order valence-electron chi connectivity index (χ4n) is 1.88. The van der Waals surface area contributed by atoms with Crippen LogP contribution in [0.5, 0.6) is 0 Å². The van der Waals surface area contributed by atoms with Gasteiger partial charge in [0.2, 0.25) is 0 Å². The third kappa shape index (κ3) is 3.94. The van der Waals surface area contributed by atoms with Crippen molar-refractivity contribution in [3.63, 3.8) is 0 Å². The average molecular weight is 299 g/mol. The highest BCUT2D eigenvalue weighted by molar-refractivity contribution is 7.90. The van der Waals surface area contributed by atoms with Gasteiger partial charge in [-0.05, 0) is 17.7 Å². The molecular weight excluding hydrogens is 274 g/mol. The van der Waals surface area contributed by atoms with Crippen molar-refractivity contribution in [2.24, 2.45) is 5.73 Å². The van der Waals surface area contributed by atoms with E-state index in [1.165, 1.54) is 4.31 Å². The standard InChI is InChI=1S/C14H25N3O2S/c1-5-17(6-2)20(18,19)16-13-9-7-12(8-10-13)14(3,4)11-15/h7-10,16H,5-6,11,15H2,1-4H3. The molecule has 0 saturated heterocycles. The van der Waals surface area contributed by atoms with E-state index in [9.17, 15) is 8.42 Å². The van der Waals surface area contributed by atoms with Crippen LogP contribution in [0.1, 0.15) is 33.3 Å². The van der Waals surface area contributed by atoms with Gasteiger partial charge in [0.15, 0.2) is 0 Å². The molecule has 0 aliphatic rings. The van der Waals surface area contributed by atoms with Crippen molar-refractivity contribution < 1.29 is 8.42 Å². The second-order valence-electron chi connectivity index (χ2n) is 5.36. The molecule has 0 bridgehead atoms. The third-order valence-corrected chi connectivity index (χ3v) is 5.16. The van der Waals surface area contributed by atoms with E-state index in [0.717, 1.165) is 5.56 Å². The van der Waals surface area contributed by atoms with Crippen LogP contribution in [0.25, 0.3) is 0 Å². The number of hydrogen-bond donors (Lipinski definition) is 2. The smallest absolute Gasteiger partial charge is 0.301 e. The van der Waals surface area contributed by atoms with Gasteiger partial charge in [-0.25, -0.2) is 0 Å². The number of anilines is 1. The maximum absolute atomic E-state index is 12.1. The van der Waals surface area contributed by atoms with Gasteiger partial charge in [0.1, 0.15) is 0 Å². The van der Waals surface area contributed by atoms with Crippen LogP contribution in [0.4, 0.5) is 5.69 Å². The Labute approximate surface area is 122 Å². The number of benzene rings is 1. The van der Waals surface area contributed by atoms with Gasteiger partial charge in [-0.2, -0.15) is 12.7 Å². The van der Waals surface area contributed by atoms with Crippen LogP contribution in [0, 0.1) is 0 Å². The molecule has 0 fully saturated rings. The fraction of sp³-hybridized carbons (Fsp3) is 0.571. The van der Waals surface area contributed by atoms with E-state index in [-0.39, 0.29) is 5.41 Å². The van der Waals surface area contributed by atoms with Crippen LogP contribution < -0.4 is 10.5 Å². The molecule has 0 spiro atoms. The Balaban J connectivity index is 2.91. The first kappa shape index (κ1) is 16.9. The van der Waals surface area contributed by atoms with Crippen molar-refractivity contribution in [3.05, 3.63) is 29.8 Å². The van der Waals surface area contributed by atoms with E-state index < -0.39 is 10.2 Å². The van der Waals surface area contributed by atoms with Gasteiger partial charge in [0.05, 0.1) is 0 Å². The van der Waals surface area contributed by atoms with Gasteiger partial charge in [0, 0.05) is 30.7 Å². The van der Waals surface area contributed by atoms with Crippen molar-refractivity contribution in [1.82, 2.24) is 4.31 Å². The van der Waals surface area contributed by atoms with Crippen LogP contribution in [0.15, 0.2) is 24.3 Å². The topological polar surface area (TPSA) is 75.4 Å². The van der Waals surface area contributed by atoms with Gasteiger partial charge >= 0.3 is 10.2 Å². The van der Waals surface area contributed by atoms with Gasteiger partial charge in [-0.1, -0.05) is 39.8 Å².